The minimum Gasteiger partial charge on any atom is -0.486 e. The average Bonchev–Trinajstić information content (AvgIpc) is 1.84. The lowest BCUT2D eigenvalue weighted by Gasteiger charge is -2.02. The molecule has 0 radical (unpaired) electrons. The molecule has 0 N–H and O–H groups in total. The molecule has 1 aliphatic rings. The molecule has 1 unspecified atom stereocenters. The number of hydrogen-bond donors (Lipinski definition) is 0. The quantitative estimate of drug-likeness (QED) is 0.406. The van der Waals surface area contributed by atoms with Crippen LogP contribution in [0.1, 0.15) is 4.11 Å². The van der Waals surface area contributed by atoms with Crippen LogP contribution < -0.4 is 0 Å². The molecule has 0 spiro atoms. The summed E-state index contributed by atoms with van der Waals surface area (Å²) in [6.45, 7) is -1.51. The third kappa shape index (κ3) is 0.924. The van der Waals surface area contributed by atoms with Crippen LogP contribution in [0.2, 0.25) is 0 Å². The Bertz CT molecular complexity index is 200. The van der Waals surface area contributed by atoms with Gasteiger partial charge in [0.15, 0.2) is 6.58 Å². The second-order valence-electron chi connectivity index (χ2n) is 0.861. The van der Waals surface area contributed by atoms with Gasteiger partial charge in [0.05, 0.1) is 1.37 Å². The molecule has 0 amide bonds. The number of hydrogen-bond acceptors (Lipinski definition) is 3. The van der Waals surface area contributed by atoms with E-state index in [1.165, 1.54) is 0 Å². The molecule has 0 aliphatic carbocycles. The van der Waals surface area contributed by atoms with Gasteiger partial charge in [0.25, 0.3) is 0 Å². The first-order valence-electron chi connectivity index (χ1n) is 3.17. The normalized spacial score (nSPS) is 37.4. The highest BCUT2D eigenvalue weighted by Crippen LogP contribution is 1.90. The van der Waals surface area contributed by atoms with Gasteiger partial charge >= 0.3 is 5.97 Å². The van der Waals surface area contributed by atoms with Crippen molar-refractivity contribution in [2.75, 3.05) is 6.58 Å². The van der Waals surface area contributed by atoms with Gasteiger partial charge in [0.1, 0.15) is 15.2 Å². The number of carbonyl (C=O) groups is 1. The minimum absolute atomic E-state index is 0.584. The van der Waals surface area contributed by atoms with Crippen molar-refractivity contribution in [3.63, 3.8) is 0 Å². The van der Waals surface area contributed by atoms with E-state index in [-0.39, 0.29) is 0 Å². The lowest BCUT2D eigenvalue weighted by Crippen LogP contribution is -2.10. The van der Waals surface area contributed by atoms with Crippen molar-refractivity contribution in [1.82, 2.24) is 0 Å². The van der Waals surface area contributed by atoms with Crippen LogP contribution in [-0.2, 0) is 14.3 Å². The Morgan fingerprint density at radius 1 is 2.00 bits per heavy atom. The summed E-state index contributed by atoms with van der Waals surface area (Å²) in [7, 11) is 0. The first-order chi connectivity index (χ1) is 4.61. The predicted molar refractivity (Wildman–Crippen MR) is 21.2 cm³/mol. The van der Waals surface area contributed by atoms with Crippen LogP contribution in [0.25, 0.3) is 0 Å². The monoisotopic (exact) mass is 103 g/mol. The Balaban J connectivity index is 2.79. The van der Waals surface area contributed by atoms with E-state index in [4.69, 9.17) is 4.11 Å². The smallest absolute Gasteiger partial charge is 0.349 e. The van der Waals surface area contributed by atoms with Crippen LogP contribution in [0.5, 0.6) is 0 Å². The van der Waals surface area contributed by atoms with Crippen molar-refractivity contribution < 1.29 is 18.4 Å². The molecule has 0 aromatic heterocycles. The first-order valence-corrected chi connectivity index (χ1v) is 1.59. The van der Waals surface area contributed by atoms with Crippen molar-refractivity contribution >= 4 is 5.97 Å². The largest absolute Gasteiger partial charge is 0.486 e. The Morgan fingerprint density at radius 3 is 3.57 bits per heavy atom. The molecule has 0 saturated carbocycles. The summed E-state index contributed by atoms with van der Waals surface area (Å²) in [5, 5.41) is 0. The number of carbonyl (C=O) groups excluding carboxylic acids is 1. The first kappa shape index (κ1) is 1.86. The van der Waals surface area contributed by atoms with E-state index in [1.807, 2.05) is 0 Å². The molecule has 1 atom stereocenters. The highest BCUT2D eigenvalue weighted by atomic mass is 16.6. The summed E-state index contributed by atoms with van der Waals surface area (Å²) >= 11 is 0. The lowest BCUT2D eigenvalue weighted by molar-refractivity contribution is -0.143. The third-order valence-corrected chi connectivity index (χ3v) is 0.407. The van der Waals surface area contributed by atoms with Crippen molar-refractivity contribution in [3.8, 4) is 0 Å². The van der Waals surface area contributed by atoms with E-state index in [0.717, 1.165) is 0 Å². The molecular formula is C4H4O3. The predicted octanol–water partition coefficient (Wildman–Crippen LogP) is 0.0310. The van der Waals surface area contributed by atoms with E-state index in [2.05, 4.69) is 9.47 Å². The van der Waals surface area contributed by atoms with Gasteiger partial charge in [-0.2, -0.15) is 0 Å². The summed E-state index contributed by atoms with van der Waals surface area (Å²) in [5.74, 6) is -0.957. The standard InChI is InChI=1S/C4H4O3/c5-4-3-6-1-2-7-4/h1-2H,3H2/i1D,2D,3D. The molecule has 1 rings (SSSR count). The van der Waals surface area contributed by atoms with E-state index >= 15 is 0 Å². The number of cyclic esters (lactones) is 1. The molecule has 0 aromatic rings. The highest BCUT2D eigenvalue weighted by molar-refractivity contribution is 5.71. The summed E-state index contributed by atoms with van der Waals surface area (Å²) in [6, 6.07) is 0. The molecule has 0 aromatic carbocycles. The van der Waals surface area contributed by atoms with Crippen LogP contribution >= 0.6 is 0 Å². The fourth-order valence-electron chi connectivity index (χ4n) is 0.197. The Labute approximate surface area is 44.7 Å². The summed E-state index contributed by atoms with van der Waals surface area (Å²) in [6.07, 6.45) is -1.23. The van der Waals surface area contributed by atoms with Gasteiger partial charge in [-0.3, -0.25) is 0 Å². The lowest BCUT2D eigenvalue weighted by atomic mass is 10.7. The Hall–Kier alpha value is -0.990. The van der Waals surface area contributed by atoms with E-state index < -0.39 is 25.0 Å². The van der Waals surface area contributed by atoms with E-state index in [1.54, 1.807) is 0 Å². The van der Waals surface area contributed by atoms with Crippen molar-refractivity contribution in [1.29, 1.82) is 0 Å². The molecule has 0 bridgehead atoms. The minimum atomic E-state index is -1.51. The molecule has 1 heterocycles. The maximum absolute atomic E-state index is 10.4. The number of rotatable bonds is 0. The molecule has 3 nitrogen and oxygen atoms in total. The maximum Gasteiger partial charge on any atom is 0.349 e. The molecule has 3 heteroatoms. The van der Waals surface area contributed by atoms with Crippen LogP contribution in [0.15, 0.2) is 12.5 Å². The van der Waals surface area contributed by atoms with Crippen LogP contribution in [0, 0.1) is 0 Å². The third-order valence-electron chi connectivity index (χ3n) is 0.407. The van der Waals surface area contributed by atoms with Gasteiger partial charge in [-0.1, -0.05) is 0 Å². The fourth-order valence-corrected chi connectivity index (χ4v) is 0.197. The summed E-state index contributed by atoms with van der Waals surface area (Å²) in [4.78, 5) is 10.4. The summed E-state index contributed by atoms with van der Waals surface area (Å²) < 4.78 is 28.7. The van der Waals surface area contributed by atoms with Crippen LogP contribution in [0.3, 0.4) is 0 Å². The van der Waals surface area contributed by atoms with Crippen molar-refractivity contribution in [2.45, 2.75) is 0 Å². The van der Waals surface area contributed by atoms with E-state index in [9.17, 15) is 4.79 Å². The second-order valence-corrected chi connectivity index (χ2v) is 0.861. The number of ether oxygens (including phenoxy) is 2. The summed E-state index contributed by atoms with van der Waals surface area (Å²) in [5.41, 5.74) is 0. The topological polar surface area (TPSA) is 35.5 Å². The van der Waals surface area contributed by atoms with Crippen molar-refractivity contribution in [2.24, 2.45) is 0 Å². The molecule has 1 aliphatic heterocycles. The zero-order valence-corrected chi connectivity index (χ0v) is 3.30. The molecule has 0 fully saturated rings. The van der Waals surface area contributed by atoms with Gasteiger partial charge in [-0.05, 0) is 0 Å². The zero-order valence-electron chi connectivity index (χ0n) is 6.30. The fraction of sp³-hybridized carbons (Fsp3) is 0.250. The SMILES string of the molecule is [2H]C1=C([2H])OC([2H])C(=O)O1. The second kappa shape index (κ2) is 1.64. The van der Waals surface area contributed by atoms with Gasteiger partial charge in [-0.25, -0.2) is 4.79 Å². The van der Waals surface area contributed by atoms with E-state index in [0.29, 0.717) is 0 Å². The van der Waals surface area contributed by atoms with Gasteiger partial charge < -0.3 is 9.47 Å². The van der Waals surface area contributed by atoms with Gasteiger partial charge in [0.2, 0.25) is 0 Å². The molecule has 7 heavy (non-hydrogen) atoms. The molecular weight excluding hydrogens is 96.0 g/mol. The van der Waals surface area contributed by atoms with Crippen molar-refractivity contribution in [3.05, 3.63) is 12.5 Å². The highest BCUT2D eigenvalue weighted by Gasteiger charge is 2.02. The average molecular weight is 103 g/mol. The Kier molecular flexibility index (Phi) is 0.435. The molecule has 0 saturated heterocycles. The van der Waals surface area contributed by atoms with Crippen LogP contribution in [-0.4, -0.2) is 12.6 Å². The number of esters is 1. The van der Waals surface area contributed by atoms with Gasteiger partial charge in [-0.15, -0.1) is 0 Å². The Morgan fingerprint density at radius 2 is 2.86 bits per heavy atom. The van der Waals surface area contributed by atoms with Crippen LogP contribution in [0.4, 0.5) is 0 Å². The zero-order chi connectivity index (χ0) is 7.72. The van der Waals surface area contributed by atoms with Gasteiger partial charge in [0, 0.05) is 0 Å². The maximum atomic E-state index is 10.4. The molecule has 38 valence electrons.